The fraction of sp³-hybridized carbons (Fsp3) is 0.182. The molecule has 0 saturated carbocycles. The Bertz CT molecular complexity index is 984. The summed E-state index contributed by atoms with van der Waals surface area (Å²) in [6, 6.07) is 16.7. The van der Waals surface area contributed by atoms with E-state index < -0.39 is 12.1 Å². The number of aromatic nitrogens is 1. The van der Waals surface area contributed by atoms with E-state index in [4.69, 9.17) is 9.47 Å². The van der Waals surface area contributed by atoms with Crippen LogP contribution >= 0.6 is 0 Å². The van der Waals surface area contributed by atoms with Crippen LogP contribution in [0.5, 0.6) is 5.75 Å². The third-order valence-electron chi connectivity index (χ3n) is 4.75. The maximum Gasteiger partial charge on any atom is 1.00 e. The molecular formula is C22H20NNaO4. The van der Waals surface area contributed by atoms with Crippen LogP contribution in [-0.4, -0.2) is 16.1 Å². The van der Waals surface area contributed by atoms with Crippen molar-refractivity contribution in [2.75, 3.05) is 0 Å². The predicted molar refractivity (Wildman–Crippen MR) is 101 cm³/mol. The molecule has 1 aliphatic heterocycles. The van der Waals surface area contributed by atoms with E-state index in [0.29, 0.717) is 12.4 Å². The Morgan fingerprint density at radius 3 is 2.79 bits per heavy atom. The van der Waals surface area contributed by atoms with Gasteiger partial charge in [0.15, 0.2) is 0 Å². The number of nitrogens with zero attached hydrogens (tertiary/aromatic N) is 1. The average molecular weight is 385 g/mol. The monoisotopic (exact) mass is 385 g/mol. The normalized spacial score (nSPS) is 15.8. The van der Waals surface area contributed by atoms with Crippen LogP contribution in [0.3, 0.4) is 0 Å². The molecule has 5 nitrogen and oxygen atoms in total. The Kier molecular flexibility index (Phi) is 6.52. The van der Waals surface area contributed by atoms with Crippen LogP contribution in [0.2, 0.25) is 0 Å². The van der Waals surface area contributed by atoms with Crippen molar-refractivity contribution < 1.29 is 50.4 Å². The van der Waals surface area contributed by atoms with E-state index in [0.717, 1.165) is 22.3 Å². The van der Waals surface area contributed by atoms with Gasteiger partial charge in [0.25, 0.3) is 0 Å². The van der Waals surface area contributed by atoms with Crippen molar-refractivity contribution in [2.24, 2.45) is 0 Å². The van der Waals surface area contributed by atoms with Gasteiger partial charge in [-0.1, -0.05) is 30.3 Å². The van der Waals surface area contributed by atoms with Crippen molar-refractivity contribution in [3.8, 4) is 5.75 Å². The number of hydrogen-bond acceptors (Lipinski definition) is 4. The summed E-state index contributed by atoms with van der Waals surface area (Å²) in [5.74, 6) is -0.339. The second-order valence-corrected chi connectivity index (χ2v) is 6.49. The Morgan fingerprint density at radius 2 is 2.04 bits per heavy atom. The van der Waals surface area contributed by atoms with Crippen LogP contribution in [0, 0.1) is 0 Å². The Morgan fingerprint density at radius 1 is 1.21 bits per heavy atom. The first-order chi connectivity index (χ1) is 13.1. The van der Waals surface area contributed by atoms with Crippen molar-refractivity contribution in [2.45, 2.75) is 25.7 Å². The third kappa shape index (κ3) is 4.13. The van der Waals surface area contributed by atoms with Crippen LogP contribution in [0.25, 0.3) is 0 Å². The second kappa shape index (κ2) is 8.88. The van der Waals surface area contributed by atoms with E-state index in [2.05, 4.69) is 4.98 Å². The molecule has 2 heterocycles. The van der Waals surface area contributed by atoms with Crippen molar-refractivity contribution in [3.05, 3.63) is 94.8 Å². The second-order valence-electron chi connectivity index (χ2n) is 6.49. The van der Waals surface area contributed by atoms with Gasteiger partial charge in [-0.3, -0.25) is 4.98 Å². The number of benzene rings is 2. The molecule has 138 valence electrons. The van der Waals surface area contributed by atoms with Gasteiger partial charge in [-0.15, -0.1) is 0 Å². The summed E-state index contributed by atoms with van der Waals surface area (Å²) in [4.78, 5) is 15.6. The molecular weight excluding hydrogens is 365 g/mol. The van der Waals surface area contributed by atoms with Crippen molar-refractivity contribution in [1.29, 1.82) is 0 Å². The summed E-state index contributed by atoms with van der Waals surface area (Å²) in [5, 5.41) is 9.41. The number of fused-ring (bicyclic) bond motifs is 2. The van der Waals surface area contributed by atoms with E-state index in [1.807, 2.05) is 43.3 Å². The summed E-state index contributed by atoms with van der Waals surface area (Å²) < 4.78 is 12.4. The van der Waals surface area contributed by atoms with Gasteiger partial charge in [-0.05, 0) is 47.9 Å². The number of carboxylic acids is 1. The summed E-state index contributed by atoms with van der Waals surface area (Å²) in [5.41, 5.74) is 3.88. The van der Waals surface area contributed by atoms with Gasteiger partial charge in [-0.25, -0.2) is 4.79 Å². The SMILES string of the molecule is CC(OC1c2ccccc2COc2ccc(C(=O)O)cc21)c1cccnc1.[H-].[Na+]. The molecule has 2 unspecified atom stereocenters. The minimum absolute atomic E-state index is 0. The largest absolute Gasteiger partial charge is 1.00 e. The molecule has 28 heavy (non-hydrogen) atoms. The molecule has 0 fully saturated rings. The molecule has 0 bridgehead atoms. The molecule has 0 saturated heterocycles. The van der Waals surface area contributed by atoms with Crippen molar-refractivity contribution >= 4 is 5.97 Å². The molecule has 6 heteroatoms. The molecule has 0 amide bonds. The number of hydrogen-bond donors (Lipinski definition) is 1. The summed E-state index contributed by atoms with van der Waals surface area (Å²) in [6.07, 6.45) is 2.84. The first-order valence-corrected chi connectivity index (χ1v) is 8.76. The number of aromatic carboxylic acids is 1. The molecule has 1 aromatic heterocycles. The van der Waals surface area contributed by atoms with Crippen LogP contribution < -0.4 is 34.3 Å². The predicted octanol–water partition coefficient (Wildman–Crippen LogP) is 1.66. The maximum atomic E-state index is 11.5. The number of carboxylic acid groups (broad SMARTS) is 1. The van der Waals surface area contributed by atoms with Crippen molar-refractivity contribution in [3.63, 3.8) is 0 Å². The summed E-state index contributed by atoms with van der Waals surface area (Å²) in [6.45, 7) is 2.38. The van der Waals surface area contributed by atoms with E-state index in [-0.39, 0.29) is 42.7 Å². The molecule has 1 aliphatic rings. The smallest absolute Gasteiger partial charge is 1.00 e. The van der Waals surface area contributed by atoms with Gasteiger partial charge >= 0.3 is 35.5 Å². The van der Waals surface area contributed by atoms with E-state index >= 15 is 0 Å². The molecule has 0 aliphatic carbocycles. The number of ether oxygens (including phenoxy) is 2. The zero-order chi connectivity index (χ0) is 18.8. The van der Waals surface area contributed by atoms with E-state index in [9.17, 15) is 9.90 Å². The molecule has 0 spiro atoms. The number of pyridine rings is 1. The van der Waals surface area contributed by atoms with E-state index in [1.165, 1.54) is 0 Å². The van der Waals surface area contributed by atoms with Crippen LogP contribution in [0.4, 0.5) is 0 Å². The minimum Gasteiger partial charge on any atom is -1.00 e. The molecule has 3 aromatic rings. The Balaban J connectivity index is 0.00000150. The minimum atomic E-state index is -0.977. The molecule has 1 N–H and O–H groups in total. The third-order valence-corrected chi connectivity index (χ3v) is 4.75. The topological polar surface area (TPSA) is 68.7 Å². The van der Waals surface area contributed by atoms with Gasteiger partial charge in [-0.2, -0.15) is 0 Å². The Labute approximate surface area is 187 Å². The van der Waals surface area contributed by atoms with Crippen molar-refractivity contribution in [1.82, 2.24) is 4.98 Å². The van der Waals surface area contributed by atoms with Crippen LogP contribution in [-0.2, 0) is 11.3 Å². The Hall–Kier alpha value is -2.18. The van der Waals surface area contributed by atoms with Gasteiger partial charge in [0.05, 0.1) is 11.7 Å². The quantitative estimate of drug-likeness (QED) is 0.692. The summed E-state index contributed by atoms with van der Waals surface area (Å²) >= 11 is 0. The zero-order valence-corrected chi connectivity index (χ0v) is 17.8. The first kappa shape index (κ1) is 20.6. The number of rotatable bonds is 4. The molecule has 0 radical (unpaired) electrons. The average Bonchev–Trinajstić information content (AvgIpc) is 2.85. The van der Waals surface area contributed by atoms with Gasteiger partial charge < -0.3 is 16.0 Å². The standard InChI is InChI=1S/C22H19NO4.Na.H/c1-14(16-6-4-10-23-12-16)27-21-18-7-3-2-5-17(18)13-26-20-9-8-15(22(24)25)11-19(20)21;;/h2-12,14,21H,13H2,1H3,(H,24,25);;/q;+1;-1. The van der Waals surface area contributed by atoms with Gasteiger partial charge in [0, 0.05) is 18.0 Å². The number of carbonyl (C=O) groups is 1. The van der Waals surface area contributed by atoms with Crippen LogP contribution in [0.1, 0.15) is 53.2 Å². The molecule has 2 atom stereocenters. The van der Waals surface area contributed by atoms with Crippen LogP contribution in [0.15, 0.2) is 67.0 Å². The fourth-order valence-electron chi connectivity index (χ4n) is 3.31. The molecule has 2 aromatic carbocycles. The molecule has 4 rings (SSSR count). The zero-order valence-electron chi connectivity index (χ0n) is 16.8. The van der Waals surface area contributed by atoms with E-state index in [1.54, 1.807) is 30.6 Å². The van der Waals surface area contributed by atoms with Gasteiger partial charge in [0.1, 0.15) is 18.5 Å². The summed E-state index contributed by atoms with van der Waals surface area (Å²) in [7, 11) is 0. The fourth-order valence-corrected chi connectivity index (χ4v) is 3.31. The van der Waals surface area contributed by atoms with Gasteiger partial charge in [0.2, 0.25) is 0 Å². The maximum absolute atomic E-state index is 11.5. The first-order valence-electron chi connectivity index (χ1n) is 8.76.